The predicted molar refractivity (Wildman–Crippen MR) is 76.4 cm³/mol. The minimum Gasteiger partial charge on any atom is -0.315 e. The van der Waals surface area contributed by atoms with Crippen LogP contribution in [0.25, 0.3) is 0 Å². The molecule has 1 aromatic rings. The number of hydrogen-bond acceptors (Lipinski definition) is 1. The highest BCUT2D eigenvalue weighted by molar-refractivity contribution is 5.21. The van der Waals surface area contributed by atoms with E-state index in [2.05, 4.69) is 57.3 Å². The summed E-state index contributed by atoms with van der Waals surface area (Å²) in [6, 6.07) is 9.54. The molecule has 0 radical (unpaired) electrons. The quantitative estimate of drug-likeness (QED) is 0.752. The number of rotatable bonds is 7. The summed E-state index contributed by atoms with van der Waals surface area (Å²) < 4.78 is 0. The van der Waals surface area contributed by atoms with E-state index in [-0.39, 0.29) is 0 Å². The van der Waals surface area contributed by atoms with Gasteiger partial charge in [0.15, 0.2) is 0 Å². The fourth-order valence-corrected chi connectivity index (χ4v) is 1.93. The maximum Gasteiger partial charge on any atom is 0.00103 e. The van der Waals surface area contributed by atoms with Gasteiger partial charge < -0.3 is 5.32 Å². The van der Waals surface area contributed by atoms with Crippen molar-refractivity contribution in [2.24, 2.45) is 5.92 Å². The Morgan fingerprint density at radius 1 is 1.00 bits per heavy atom. The lowest BCUT2D eigenvalue weighted by Crippen LogP contribution is -2.24. The third kappa shape index (κ3) is 6.48. The average molecular weight is 233 g/mol. The Bertz CT molecular complexity index is 300. The van der Waals surface area contributed by atoms with Gasteiger partial charge in [0.25, 0.3) is 0 Å². The Kier molecular flexibility index (Phi) is 6.28. The largest absolute Gasteiger partial charge is 0.315 e. The molecule has 0 amide bonds. The smallest absolute Gasteiger partial charge is 0.00103 e. The molecule has 1 heteroatoms. The van der Waals surface area contributed by atoms with E-state index < -0.39 is 0 Å². The van der Waals surface area contributed by atoms with Gasteiger partial charge in [0.2, 0.25) is 0 Å². The summed E-state index contributed by atoms with van der Waals surface area (Å²) >= 11 is 0. The molecule has 0 aliphatic heterocycles. The second-order valence-corrected chi connectivity index (χ2v) is 5.53. The van der Waals surface area contributed by atoms with Crippen LogP contribution in [0.1, 0.15) is 44.7 Å². The fraction of sp³-hybridized carbons (Fsp3) is 0.625. The summed E-state index contributed by atoms with van der Waals surface area (Å²) in [5.41, 5.74) is 2.82. The van der Waals surface area contributed by atoms with Crippen LogP contribution in [0.2, 0.25) is 0 Å². The van der Waals surface area contributed by atoms with Crippen LogP contribution in [0.4, 0.5) is 0 Å². The summed E-state index contributed by atoms with van der Waals surface area (Å²) in [6.45, 7) is 10.1. The predicted octanol–water partition coefficient (Wildman–Crippen LogP) is 3.95. The molecule has 1 rings (SSSR count). The van der Waals surface area contributed by atoms with Gasteiger partial charge in [-0.25, -0.2) is 0 Å². The molecule has 1 unspecified atom stereocenters. The van der Waals surface area contributed by atoms with Crippen LogP contribution in [0.5, 0.6) is 0 Å². The topological polar surface area (TPSA) is 12.0 Å². The van der Waals surface area contributed by atoms with Crippen molar-refractivity contribution >= 4 is 0 Å². The normalized spacial score (nSPS) is 13.0. The van der Waals surface area contributed by atoms with Crippen LogP contribution >= 0.6 is 0 Å². The molecule has 1 atom stereocenters. The van der Waals surface area contributed by atoms with Gasteiger partial charge in [0.05, 0.1) is 0 Å². The lowest BCUT2D eigenvalue weighted by molar-refractivity contribution is 0.454. The first-order valence-corrected chi connectivity index (χ1v) is 6.87. The zero-order valence-corrected chi connectivity index (χ0v) is 11.8. The molecule has 0 spiro atoms. The molecule has 1 N–H and O–H groups in total. The van der Waals surface area contributed by atoms with Gasteiger partial charge in [-0.1, -0.05) is 50.6 Å². The third-order valence-electron chi connectivity index (χ3n) is 3.24. The van der Waals surface area contributed by atoms with Crippen LogP contribution in [0.15, 0.2) is 24.3 Å². The Hall–Kier alpha value is -0.820. The summed E-state index contributed by atoms with van der Waals surface area (Å²) in [5.74, 6) is 0.808. The minimum atomic E-state index is 0.610. The highest BCUT2D eigenvalue weighted by atomic mass is 14.9. The molecule has 0 bridgehead atoms. The van der Waals surface area contributed by atoms with Crippen molar-refractivity contribution < 1.29 is 0 Å². The monoisotopic (exact) mass is 233 g/mol. The molecule has 0 heterocycles. The molecule has 0 saturated carbocycles. The van der Waals surface area contributed by atoms with Gasteiger partial charge in [-0.15, -0.1) is 0 Å². The number of nitrogens with one attached hydrogen (secondary N) is 1. The summed E-state index contributed by atoms with van der Waals surface area (Å²) in [7, 11) is 0. The second kappa shape index (κ2) is 7.50. The number of aryl methyl sites for hydroxylation is 2. The van der Waals surface area contributed by atoms with E-state index in [0.717, 1.165) is 12.5 Å². The van der Waals surface area contributed by atoms with Crippen LogP contribution in [0, 0.1) is 12.8 Å². The van der Waals surface area contributed by atoms with Gasteiger partial charge >= 0.3 is 0 Å². The summed E-state index contributed by atoms with van der Waals surface area (Å²) in [6.07, 6.45) is 3.79. The molecular weight excluding hydrogens is 206 g/mol. The lowest BCUT2D eigenvalue weighted by atomic mass is 9.98. The molecule has 17 heavy (non-hydrogen) atoms. The molecule has 0 fully saturated rings. The highest BCUT2D eigenvalue weighted by Crippen LogP contribution is 2.13. The standard InChI is InChI=1S/C16H27N/c1-13(2)17-12-11-15(4)7-10-16-8-5-14(3)6-9-16/h5-6,8-9,13,15,17H,7,10-12H2,1-4H3. The van der Waals surface area contributed by atoms with E-state index in [1.807, 2.05) is 0 Å². The van der Waals surface area contributed by atoms with Crippen molar-refractivity contribution in [2.75, 3.05) is 6.54 Å². The van der Waals surface area contributed by atoms with E-state index in [0.29, 0.717) is 6.04 Å². The van der Waals surface area contributed by atoms with Gasteiger partial charge in [0.1, 0.15) is 0 Å². The van der Waals surface area contributed by atoms with Crippen molar-refractivity contribution in [3.8, 4) is 0 Å². The van der Waals surface area contributed by atoms with Gasteiger partial charge in [-0.05, 0) is 44.2 Å². The van der Waals surface area contributed by atoms with Crippen LogP contribution in [-0.4, -0.2) is 12.6 Å². The molecule has 1 aromatic carbocycles. The molecule has 0 aromatic heterocycles. The summed E-state index contributed by atoms with van der Waals surface area (Å²) in [5, 5.41) is 3.48. The maximum atomic E-state index is 3.48. The first-order chi connectivity index (χ1) is 8.08. The first-order valence-electron chi connectivity index (χ1n) is 6.87. The highest BCUT2D eigenvalue weighted by Gasteiger charge is 2.03. The molecule has 0 aliphatic carbocycles. The van der Waals surface area contributed by atoms with Crippen molar-refractivity contribution in [1.29, 1.82) is 0 Å². The number of benzene rings is 1. The second-order valence-electron chi connectivity index (χ2n) is 5.53. The zero-order chi connectivity index (χ0) is 12.7. The average Bonchev–Trinajstić information content (AvgIpc) is 2.28. The Labute approximate surface area is 107 Å². The Balaban J connectivity index is 2.19. The Morgan fingerprint density at radius 3 is 2.24 bits per heavy atom. The molecular formula is C16H27N. The van der Waals surface area contributed by atoms with Crippen LogP contribution in [-0.2, 0) is 6.42 Å². The fourth-order valence-electron chi connectivity index (χ4n) is 1.93. The van der Waals surface area contributed by atoms with Crippen molar-refractivity contribution in [3.63, 3.8) is 0 Å². The van der Waals surface area contributed by atoms with E-state index in [4.69, 9.17) is 0 Å². The third-order valence-corrected chi connectivity index (χ3v) is 3.24. The number of hydrogen-bond donors (Lipinski definition) is 1. The van der Waals surface area contributed by atoms with Gasteiger partial charge in [-0.2, -0.15) is 0 Å². The van der Waals surface area contributed by atoms with E-state index in [1.54, 1.807) is 0 Å². The molecule has 0 saturated heterocycles. The molecule has 0 aliphatic rings. The zero-order valence-electron chi connectivity index (χ0n) is 11.8. The van der Waals surface area contributed by atoms with Crippen molar-refractivity contribution in [1.82, 2.24) is 5.32 Å². The first kappa shape index (κ1) is 14.2. The summed E-state index contributed by atoms with van der Waals surface area (Å²) in [4.78, 5) is 0. The molecule has 1 nitrogen and oxygen atoms in total. The Morgan fingerprint density at radius 2 is 1.65 bits per heavy atom. The maximum absolute atomic E-state index is 3.48. The van der Waals surface area contributed by atoms with Gasteiger partial charge in [-0.3, -0.25) is 0 Å². The SMILES string of the molecule is Cc1ccc(CCC(C)CCNC(C)C)cc1. The lowest BCUT2D eigenvalue weighted by Gasteiger charge is -2.13. The minimum absolute atomic E-state index is 0.610. The molecule has 96 valence electrons. The van der Waals surface area contributed by atoms with Crippen molar-refractivity contribution in [3.05, 3.63) is 35.4 Å². The van der Waals surface area contributed by atoms with Gasteiger partial charge in [0, 0.05) is 6.04 Å². The van der Waals surface area contributed by atoms with Crippen molar-refractivity contribution in [2.45, 2.75) is 53.0 Å². The van der Waals surface area contributed by atoms with Crippen LogP contribution in [0.3, 0.4) is 0 Å². The van der Waals surface area contributed by atoms with E-state index in [9.17, 15) is 0 Å². The van der Waals surface area contributed by atoms with E-state index in [1.165, 1.54) is 30.4 Å². The van der Waals surface area contributed by atoms with Crippen LogP contribution < -0.4 is 5.32 Å². The van der Waals surface area contributed by atoms with E-state index >= 15 is 0 Å².